The quantitative estimate of drug-likeness (QED) is 0.159. The predicted octanol–water partition coefficient (Wildman–Crippen LogP) is 15.9. The summed E-state index contributed by atoms with van der Waals surface area (Å²) in [6, 6.07) is 56.0. The lowest BCUT2D eigenvalue weighted by Crippen LogP contribution is -2.17. The van der Waals surface area contributed by atoms with Crippen molar-refractivity contribution in [2.75, 3.05) is 0 Å². The zero-order valence-electron chi connectivity index (χ0n) is 36.9. The van der Waals surface area contributed by atoms with E-state index in [1.165, 1.54) is 127 Å². The Morgan fingerprint density at radius 2 is 0.645 bits per heavy atom. The van der Waals surface area contributed by atoms with Crippen LogP contribution in [0.1, 0.15) is 99.9 Å². The molecule has 0 unspecified atom stereocenters. The summed E-state index contributed by atoms with van der Waals surface area (Å²) in [5, 5.41) is 3.68. The van der Waals surface area contributed by atoms with Gasteiger partial charge in [-0.3, -0.25) is 4.98 Å². The van der Waals surface area contributed by atoms with Crippen LogP contribution in [-0.4, -0.2) is 4.98 Å². The largest absolute Gasteiger partial charge is 0.256 e. The maximum absolute atomic E-state index is 5.24. The molecule has 1 aromatic heterocycles. The summed E-state index contributed by atoms with van der Waals surface area (Å²) in [5.74, 6) is 0. The Balaban J connectivity index is 0.968. The van der Waals surface area contributed by atoms with E-state index in [2.05, 4.69) is 201 Å². The molecule has 0 bridgehead atoms. The Hall–Kier alpha value is -6.57. The van der Waals surface area contributed by atoms with Gasteiger partial charge in [-0.25, -0.2) is 0 Å². The van der Waals surface area contributed by atoms with Crippen LogP contribution in [0.25, 0.3) is 88.4 Å². The van der Waals surface area contributed by atoms with E-state index in [1.807, 2.05) is 6.20 Å². The van der Waals surface area contributed by atoms with Crippen molar-refractivity contribution in [1.29, 1.82) is 0 Å². The van der Waals surface area contributed by atoms with Gasteiger partial charge < -0.3 is 0 Å². The molecule has 1 nitrogen and oxygen atoms in total. The lowest BCUT2D eigenvalue weighted by atomic mass is 9.78. The van der Waals surface area contributed by atoms with Crippen LogP contribution < -0.4 is 0 Å². The molecule has 62 heavy (non-hydrogen) atoms. The minimum atomic E-state index is -0.162. The summed E-state index contributed by atoms with van der Waals surface area (Å²) in [6.07, 6.45) is 1.97. The highest BCUT2D eigenvalue weighted by molar-refractivity contribution is 6.20. The fourth-order valence-electron chi connectivity index (χ4n) is 12.8. The minimum Gasteiger partial charge on any atom is -0.256 e. The molecule has 4 aliphatic carbocycles. The van der Waals surface area contributed by atoms with Gasteiger partial charge in [0.25, 0.3) is 0 Å². The molecule has 0 amide bonds. The average Bonchev–Trinajstić information content (AvgIpc) is 3.83. The molecule has 0 aliphatic heterocycles. The van der Waals surface area contributed by atoms with Crippen LogP contribution in [0.3, 0.4) is 0 Å². The van der Waals surface area contributed by atoms with Crippen molar-refractivity contribution in [2.45, 2.75) is 77.0 Å². The van der Waals surface area contributed by atoms with Crippen LogP contribution in [0.4, 0.5) is 0 Å². The number of benzene rings is 8. The van der Waals surface area contributed by atoms with Crippen LogP contribution in [0.2, 0.25) is 0 Å². The van der Waals surface area contributed by atoms with Gasteiger partial charge in [-0.15, -0.1) is 0 Å². The predicted molar refractivity (Wildman–Crippen MR) is 260 cm³/mol. The van der Waals surface area contributed by atoms with Gasteiger partial charge in [0.15, 0.2) is 0 Å². The van der Waals surface area contributed by atoms with Crippen LogP contribution in [0.5, 0.6) is 0 Å². The number of pyridine rings is 1. The minimum absolute atomic E-state index is 0.0386. The van der Waals surface area contributed by atoms with Crippen LogP contribution >= 0.6 is 0 Å². The third-order valence-electron chi connectivity index (χ3n) is 16.1. The standard InChI is InChI=1S/C61H49N/c1-58(2)47-21-13-11-16-36(47)43-30-53-45(32-51(43)58)38-25-23-34(28-49(38)60(53,5)6)55-40-18-9-10-19-41(40)56(57-42(55)20-15-27-62-57)35-24-26-39-46-33-52-44(31-54(46)61(7,8)50(39)29-35)37-17-12-14-22-48(37)59(52,3)4/h9-33H,1-8H3. The van der Waals surface area contributed by atoms with E-state index < -0.39 is 0 Å². The van der Waals surface area contributed by atoms with E-state index in [1.54, 1.807) is 0 Å². The highest BCUT2D eigenvalue weighted by Gasteiger charge is 2.43. The maximum Gasteiger partial charge on any atom is 0.0792 e. The van der Waals surface area contributed by atoms with Gasteiger partial charge in [-0.05, 0) is 159 Å². The fraction of sp³-hybridized carbons (Fsp3) is 0.197. The zero-order chi connectivity index (χ0) is 42.2. The molecule has 1 heterocycles. The summed E-state index contributed by atoms with van der Waals surface area (Å²) in [5.41, 5.74) is 27.9. The lowest BCUT2D eigenvalue weighted by Gasteiger charge is -2.25. The monoisotopic (exact) mass is 795 g/mol. The first-order valence-electron chi connectivity index (χ1n) is 22.5. The molecule has 8 aromatic carbocycles. The Labute approximate surface area is 365 Å². The van der Waals surface area contributed by atoms with Gasteiger partial charge in [0.2, 0.25) is 0 Å². The van der Waals surface area contributed by atoms with Crippen LogP contribution in [-0.2, 0) is 21.7 Å². The summed E-state index contributed by atoms with van der Waals surface area (Å²) >= 11 is 0. The molecule has 0 radical (unpaired) electrons. The Bertz CT molecular complexity index is 3230. The Morgan fingerprint density at radius 3 is 1.13 bits per heavy atom. The molecule has 0 saturated carbocycles. The third-order valence-corrected chi connectivity index (χ3v) is 16.1. The van der Waals surface area contributed by atoms with E-state index in [4.69, 9.17) is 4.98 Å². The first kappa shape index (κ1) is 36.1. The SMILES string of the molecule is CC1(C)c2ccccc2-c2cc3c(cc21)-c1ccc(-c2c4ccccc4c(-c4ccc5c(c4)C(C)(C)c4cc6c(cc4-5)C(C)(C)c4ccccc4-6)c4ncccc24)cc1C3(C)C. The van der Waals surface area contributed by atoms with Crippen molar-refractivity contribution in [1.82, 2.24) is 4.98 Å². The average molecular weight is 796 g/mol. The zero-order valence-corrected chi connectivity index (χ0v) is 36.9. The van der Waals surface area contributed by atoms with Gasteiger partial charge >= 0.3 is 0 Å². The molecule has 298 valence electrons. The van der Waals surface area contributed by atoms with Crippen molar-refractivity contribution in [3.8, 4) is 66.8 Å². The van der Waals surface area contributed by atoms with E-state index in [0.29, 0.717) is 0 Å². The molecule has 9 aromatic rings. The topological polar surface area (TPSA) is 12.9 Å². The van der Waals surface area contributed by atoms with Crippen LogP contribution in [0.15, 0.2) is 152 Å². The number of fused-ring (bicyclic) bond motifs is 14. The molecule has 4 aliphatic rings. The molecule has 1 heteroatoms. The Kier molecular flexibility index (Phi) is 6.79. The van der Waals surface area contributed by atoms with Gasteiger partial charge in [-0.2, -0.15) is 0 Å². The third kappa shape index (κ3) is 4.37. The lowest BCUT2D eigenvalue weighted by molar-refractivity contribution is 0.652. The van der Waals surface area contributed by atoms with Gasteiger partial charge in [0.1, 0.15) is 0 Å². The van der Waals surface area contributed by atoms with E-state index in [9.17, 15) is 0 Å². The molecular formula is C61H49N. The highest BCUT2D eigenvalue weighted by atomic mass is 14.7. The number of aromatic nitrogens is 1. The molecular weight excluding hydrogens is 747 g/mol. The summed E-state index contributed by atoms with van der Waals surface area (Å²) < 4.78 is 0. The molecule has 0 saturated heterocycles. The first-order valence-corrected chi connectivity index (χ1v) is 22.5. The summed E-state index contributed by atoms with van der Waals surface area (Å²) in [7, 11) is 0. The molecule has 13 rings (SSSR count). The number of rotatable bonds is 2. The number of hydrogen-bond acceptors (Lipinski definition) is 1. The number of nitrogens with zero attached hydrogens (tertiary/aromatic N) is 1. The second-order valence-corrected chi connectivity index (χ2v) is 20.7. The van der Waals surface area contributed by atoms with Crippen molar-refractivity contribution >= 4 is 21.7 Å². The fourth-order valence-corrected chi connectivity index (χ4v) is 12.8. The van der Waals surface area contributed by atoms with Crippen LogP contribution in [0, 0.1) is 0 Å². The smallest absolute Gasteiger partial charge is 0.0792 e. The maximum atomic E-state index is 5.24. The van der Waals surface area contributed by atoms with Gasteiger partial charge in [0, 0.05) is 38.8 Å². The highest BCUT2D eigenvalue weighted by Crippen LogP contribution is 2.59. The molecule has 0 fully saturated rings. The van der Waals surface area contributed by atoms with Crippen molar-refractivity contribution in [2.24, 2.45) is 0 Å². The van der Waals surface area contributed by atoms with E-state index in [0.717, 1.165) is 5.52 Å². The van der Waals surface area contributed by atoms with E-state index >= 15 is 0 Å². The first-order chi connectivity index (χ1) is 29.8. The van der Waals surface area contributed by atoms with Crippen molar-refractivity contribution < 1.29 is 0 Å². The summed E-state index contributed by atoms with van der Waals surface area (Å²) in [4.78, 5) is 5.24. The molecule has 0 N–H and O–H groups in total. The van der Waals surface area contributed by atoms with E-state index in [-0.39, 0.29) is 21.7 Å². The van der Waals surface area contributed by atoms with Gasteiger partial charge in [-0.1, -0.05) is 159 Å². The van der Waals surface area contributed by atoms with Crippen molar-refractivity contribution in [3.05, 3.63) is 196 Å². The number of hydrogen-bond donors (Lipinski definition) is 0. The molecule has 0 atom stereocenters. The normalized spacial score (nSPS) is 16.9. The second-order valence-electron chi connectivity index (χ2n) is 20.7. The second kappa shape index (κ2) is 11.7. The van der Waals surface area contributed by atoms with Gasteiger partial charge in [0.05, 0.1) is 5.52 Å². The molecule has 0 spiro atoms. The van der Waals surface area contributed by atoms with Crippen molar-refractivity contribution in [3.63, 3.8) is 0 Å². The Morgan fingerprint density at radius 1 is 0.290 bits per heavy atom. The summed E-state index contributed by atoms with van der Waals surface area (Å²) in [6.45, 7) is 19.2.